The van der Waals surface area contributed by atoms with Crippen molar-refractivity contribution in [2.75, 3.05) is 0 Å². The Morgan fingerprint density at radius 3 is 2.35 bits per heavy atom. The van der Waals surface area contributed by atoms with E-state index in [0.717, 1.165) is 6.07 Å². The summed E-state index contributed by atoms with van der Waals surface area (Å²) in [7, 11) is 0. The molecule has 0 bridgehead atoms. The monoisotopic (exact) mass is 323 g/mol. The predicted octanol–water partition coefficient (Wildman–Crippen LogP) is 4.45. The van der Waals surface area contributed by atoms with Crippen LogP contribution in [0.15, 0.2) is 30.3 Å². The van der Waals surface area contributed by atoms with Crippen molar-refractivity contribution in [1.82, 2.24) is 14.8 Å². The summed E-state index contributed by atoms with van der Waals surface area (Å²) in [6.07, 6.45) is -4.13. The Kier molecular flexibility index (Phi) is 3.58. The van der Waals surface area contributed by atoms with Gasteiger partial charge in [-0.2, -0.15) is 18.3 Å². The molecular formula is C16H13F4N3. The largest absolute Gasteiger partial charge is 0.417 e. The van der Waals surface area contributed by atoms with Gasteiger partial charge in [0.05, 0.1) is 22.3 Å². The van der Waals surface area contributed by atoms with Gasteiger partial charge in [-0.3, -0.25) is 0 Å². The van der Waals surface area contributed by atoms with E-state index in [-0.39, 0.29) is 16.7 Å². The van der Waals surface area contributed by atoms with Gasteiger partial charge in [-0.05, 0) is 43.7 Å². The molecule has 0 aliphatic heterocycles. The Labute approximate surface area is 129 Å². The van der Waals surface area contributed by atoms with E-state index in [4.69, 9.17) is 0 Å². The highest BCUT2D eigenvalue weighted by Gasteiger charge is 2.35. The summed E-state index contributed by atoms with van der Waals surface area (Å²) >= 11 is 0. The number of hydrogen-bond acceptors (Lipinski definition) is 2. The molecule has 0 aliphatic carbocycles. The predicted molar refractivity (Wildman–Crippen MR) is 77.9 cm³/mol. The van der Waals surface area contributed by atoms with E-state index >= 15 is 0 Å². The fraction of sp³-hybridized carbons (Fsp3) is 0.250. The minimum atomic E-state index is -4.49. The number of benzene rings is 1. The highest BCUT2D eigenvalue weighted by Crippen LogP contribution is 2.36. The molecule has 0 aliphatic rings. The minimum absolute atomic E-state index is 0.0287. The summed E-state index contributed by atoms with van der Waals surface area (Å²) < 4.78 is 54.5. The van der Waals surface area contributed by atoms with Crippen molar-refractivity contribution in [2.24, 2.45) is 0 Å². The van der Waals surface area contributed by atoms with Gasteiger partial charge in [-0.15, -0.1) is 0 Å². The van der Waals surface area contributed by atoms with Crippen molar-refractivity contribution in [3.05, 3.63) is 53.1 Å². The number of hydrogen-bond donors (Lipinski definition) is 0. The fourth-order valence-electron chi connectivity index (χ4n) is 2.51. The second-order valence-electron chi connectivity index (χ2n) is 5.18. The van der Waals surface area contributed by atoms with E-state index < -0.39 is 17.6 Å². The lowest BCUT2D eigenvalue weighted by Gasteiger charge is -2.11. The number of halogens is 4. The second kappa shape index (κ2) is 5.33. The van der Waals surface area contributed by atoms with Crippen molar-refractivity contribution in [3.8, 4) is 5.69 Å². The van der Waals surface area contributed by atoms with Gasteiger partial charge in [-0.25, -0.2) is 14.1 Å². The van der Waals surface area contributed by atoms with Crippen LogP contribution in [-0.4, -0.2) is 14.8 Å². The summed E-state index contributed by atoms with van der Waals surface area (Å²) in [5.74, 6) is -0.430. The lowest BCUT2D eigenvalue weighted by atomic mass is 10.1. The van der Waals surface area contributed by atoms with Crippen LogP contribution in [0.25, 0.3) is 16.7 Å². The zero-order valence-corrected chi connectivity index (χ0v) is 12.4. The van der Waals surface area contributed by atoms with Crippen LogP contribution in [0.4, 0.5) is 17.6 Å². The molecule has 120 valence electrons. The van der Waals surface area contributed by atoms with E-state index in [0.29, 0.717) is 17.8 Å². The molecule has 0 unspecified atom stereocenters. The Morgan fingerprint density at radius 1 is 1.13 bits per heavy atom. The van der Waals surface area contributed by atoms with Crippen LogP contribution in [-0.2, 0) is 12.6 Å². The van der Waals surface area contributed by atoms with Gasteiger partial charge in [0.2, 0.25) is 0 Å². The van der Waals surface area contributed by atoms with Crippen molar-refractivity contribution in [3.63, 3.8) is 0 Å². The molecule has 0 saturated heterocycles. The van der Waals surface area contributed by atoms with E-state index in [1.54, 1.807) is 6.92 Å². The number of fused-ring (bicyclic) bond motifs is 1. The van der Waals surface area contributed by atoms with Gasteiger partial charge < -0.3 is 0 Å². The molecule has 0 atom stereocenters. The third-order valence-corrected chi connectivity index (χ3v) is 3.60. The maximum atomic E-state index is 13.4. The van der Waals surface area contributed by atoms with Crippen molar-refractivity contribution in [1.29, 1.82) is 0 Å². The molecule has 0 saturated carbocycles. The first-order chi connectivity index (χ1) is 10.8. The van der Waals surface area contributed by atoms with Gasteiger partial charge in [0, 0.05) is 5.69 Å². The van der Waals surface area contributed by atoms with Crippen LogP contribution < -0.4 is 0 Å². The number of alkyl halides is 3. The van der Waals surface area contributed by atoms with Gasteiger partial charge in [0.1, 0.15) is 5.82 Å². The lowest BCUT2D eigenvalue weighted by molar-refractivity contribution is -0.136. The summed E-state index contributed by atoms with van der Waals surface area (Å²) in [6, 6.07) is 6.43. The number of aryl methyl sites for hydroxylation is 2. The van der Waals surface area contributed by atoms with Crippen LogP contribution in [0.5, 0.6) is 0 Å². The molecule has 3 rings (SSSR count). The first-order valence-electron chi connectivity index (χ1n) is 7.03. The lowest BCUT2D eigenvalue weighted by Crippen LogP contribution is -2.08. The topological polar surface area (TPSA) is 30.7 Å². The number of aromatic nitrogens is 3. The van der Waals surface area contributed by atoms with Crippen LogP contribution >= 0.6 is 0 Å². The molecule has 7 heteroatoms. The highest BCUT2D eigenvalue weighted by molar-refractivity contribution is 5.84. The summed E-state index contributed by atoms with van der Waals surface area (Å²) in [4.78, 5) is 4.29. The molecule has 0 radical (unpaired) electrons. The summed E-state index contributed by atoms with van der Waals surface area (Å²) in [5.41, 5.74) is 0.393. The fourth-order valence-corrected chi connectivity index (χ4v) is 2.51. The third kappa shape index (κ3) is 2.67. The molecule has 3 nitrogen and oxygen atoms in total. The van der Waals surface area contributed by atoms with Gasteiger partial charge >= 0.3 is 6.18 Å². The van der Waals surface area contributed by atoms with E-state index in [1.807, 2.05) is 0 Å². The number of nitrogens with zero attached hydrogens (tertiary/aromatic N) is 3. The molecule has 0 amide bonds. The Morgan fingerprint density at radius 2 is 1.78 bits per heavy atom. The smallest absolute Gasteiger partial charge is 0.233 e. The molecule has 0 spiro atoms. The van der Waals surface area contributed by atoms with Gasteiger partial charge in [0.25, 0.3) is 0 Å². The molecule has 0 N–H and O–H groups in total. The molecule has 2 aromatic heterocycles. The average Bonchev–Trinajstić information content (AvgIpc) is 2.83. The molecular weight excluding hydrogens is 310 g/mol. The zero-order chi connectivity index (χ0) is 16.8. The molecule has 2 heterocycles. The standard InChI is InChI=1S/C16H13F4N3/c1-3-11-8-13(16(18,19)20)14-9(2)22-23(15(14)21-11)12-6-4-10(17)5-7-12/h4-8H,3H2,1-2H3. The third-order valence-electron chi connectivity index (χ3n) is 3.60. The Bertz CT molecular complexity index is 864. The van der Waals surface area contributed by atoms with Crippen LogP contribution in [0.1, 0.15) is 23.9 Å². The SMILES string of the molecule is CCc1cc(C(F)(F)F)c2c(C)nn(-c3ccc(F)cc3)c2n1. The van der Waals surface area contributed by atoms with Gasteiger partial charge in [-0.1, -0.05) is 6.92 Å². The van der Waals surface area contributed by atoms with Crippen LogP contribution in [0, 0.1) is 12.7 Å². The maximum absolute atomic E-state index is 13.4. The summed E-state index contributed by atoms with van der Waals surface area (Å²) in [6.45, 7) is 3.24. The van der Waals surface area contributed by atoms with Crippen LogP contribution in [0.2, 0.25) is 0 Å². The number of rotatable bonds is 2. The maximum Gasteiger partial charge on any atom is 0.417 e. The van der Waals surface area contributed by atoms with E-state index in [1.165, 1.54) is 35.9 Å². The first kappa shape index (κ1) is 15.5. The normalized spacial score (nSPS) is 12.1. The zero-order valence-electron chi connectivity index (χ0n) is 12.4. The van der Waals surface area contributed by atoms with Crippen LogP contribution in [0.3, 0.4) is 0 Å². The Balaban J connectivity index is 2.35. The van der Waals surface area contributed by atoms with Gasteiger partial charge in [0.15, 0.2) is 5.65 Å². The average molecular weight is 323 g/mol. The van der Waals surface area contributed by atoms with Crippen molar-refractivity contribution in [2.45, 2.75) is 26.4 Å². The quantitative estimate of drug-likeness (QED) is 0.652. The first-order valence-corrected chi connectivity index (χ1v) is 7.03. The minimum Gasteiger partial charge on any atom is -0.233 e. The molecule has 23 heavy (non-hydrogen) atoms. The molecule has 1 aromatic carbocycles. The summed E-state index contributed by atoms with van der Waals surface area (Å²) in [5, 5.41) is 4.14. The molecule has 0 fully saturated rings. The number of pyridine rings is 1. The second-order valence-corrected chi connectivity index (χ2v) is 5.18. The van der Waals surface area contributed by atoms with E-state index in [2.05, 4.69) is 10.1 Å². The van der Waals surface area contributed by atoms with Crippen molar-refractivity contribution >= 4 is 11.0 Å². The van der Waals surface area contributed by atoms with E-state index in [9.17, 15) is 17.6 Å². The highest BCUT2D eigenvalue weighted by atomic mass is 19.4. The van der Waals surface area contributed by atoms with Crippen molar-refractivity contribution < 1.29 is 17.6 Å². The molecule has 3 aromatic rings. The Hall–Kier alpha value is -2.44.